The fraction of sp³-hybridized carbons (Fsp3) is 0.100. The second-order valence-electron chi connectivity index (χ2n) is 5.17. The number of esters is 1. The molecule has 1 heterocycles. The van der Waals surface area contributed by atoms with Gasteiger partial charge in [-0.1, -0.05) is 24.3 Å². The summed E-state index contributed by atoms with van der Waals surface area (Å²) in [5, 5.41) is 0. The third-order valence-electron chi connectivity index (χ3n) is 3.52. The van der Waals surface area contributed by atoms with Crippen LogP contribution in [0.4, 0.5) is 5.69 Å². The van der Waals surface area contributed by atoms with Crippen molar-refractivity contribution >= 4 is 17.9 Å². The number of benzene rings is 2. The van der Waals surface area contributed by atoms with Crippen LogP contribution >= 0.6 is 0 Å². The first kappa shape index (κ1) is 15.7. The molecule has 0 saturated carbocycles. The number of rotatable bonds is 5. The summed E-state index contributed by atoms with van der Waals surface area (Å²) in [6, 6.07) is 21.1. The van der Waals surface area contributed by atoms with Crippen molar-refractivity contribution in [1.29, 1.82) is 0 Å². The van der Waals surface area contributed by atoms with Crippen LogP contribution in [0.3, 0.4) is 0 Å². The zero-order valence-corrected chi connectivity index (χ0v) is 13.4. The van der Waals surface area contributed by atoms with Crippen molar-refractivity contribution in [3.8, 4) is 5.69 Å². The Morgan fingerprint density at radius 1 is 1.08 bits per heavy atom. The molecule has 0 atom stereocenters. The number of hydrogen-bond acceptors (Lipinski definition) is 3. The zero-order valence-electron chi connectivity index (χ0n) is 13.4. The van der Waals surface area contributed by atoms with E-state index in [0.717, 1.165) is 11.4 Å². The monoisotopic (exact) mass is 318 g/mol. The van der Waals surface area contributed by atoms with Crippen LogP contribution in [-0.4, -0.2) is 23.4 Å². The Morgan fingerprint density at radius 2 is 1.92 bits per heavy atom. The number of hydrogen-bond donors (Lipinski definition) is 0. The van der Waals surface area contributed by atoms with Gasteiger partial charge in [0.25, 0.3) is 0 Å². The Hall–Kier alpha value is -3.14. The maximum absolute atomic E-state index is 11.8. The molecule has 24 heavy (non-hydrogen) atoms. The van der Waals surface area contributed by atoms with Crippen molar-refractivity contribution in [3.05, 3.63) is 84.2 Å². The molecule has 0 aliphatic rings. The Labute approximate surface area is 141 Å². The number of ether oxygens (including phenoxy) is 1. The average Bonchev–Trinajstić information content (AvgIpc) is 3.10. The van der Waals surface area contributed by atoms with Gasteiger partial charge in [-0.2, -0.15) is 0 Å². The molecule has 3 rings (SSSR count). The van der Waals surface area contributed by atoms with Gasteiger partial charge in [0, 0.05) is 11.9 Å². The topological polar surface area (TPSA) is 43.6 Å². The summed E-state index contributed by atoms with van der Waals surface area (Å²) < 4.78 is 7.07. The summed E-state index contributed by atoms with van der Waals surface area (Å²) in [4.78, 5) is 16.3. The van der Waals surface area contributed by atoms with E-state index < -0.39 is 0 Å². The van der Waals surface area contributed by atoms with Gasteiger partial charge in [0.1, 0.15) is 0 Å². The van der Waals surface area contributed by atoms with E-state index >= 15 is 0 Å². The summed E-state index contributed by atoms with van der Waals surface area (Å²) in [7, 11) is 0. The quantitative estimate of drug-likeness (QED) is 0.517. The lowest BCUT2D eigenvalue weighted by atomic mass is 10.2. The van der Waals surface area contributed by atoms with E-state index in [1.54, 1.807) is 31.3 Å². The predicted octanol–water partition coefficient (Wildman–Crippen LogP) is 4.40. The summed E-state index contributed by atoms with van der Waals surface area (Å²) in [5.41, 5.74) is 3.25. The van der Waals surface area contributed by atoms with Gasteiger partial charge >= 0.3 is 5.97 Å². The number of aromatic nitrogens is 1. The first-order chi connectivity index (χ1) is 11.8. The molecule has 1 aromatic heterocycles. The maximum Gasteiger partial charge on any atom is 0.338 e. The largest absolute Gasteiger partial charge is 0.462 e. The standard InChI is InChI=1S/C20H18N2O2/c1-2-24-20(23)16-8-6-9-17(14-16)21-15-19-12-7-13-22(19)18-10-4-3-5-11-18/h3-15H,2H2,1H3. The van der Waals surface area contributed by atoms with Crippen LogP contribution in [0.5, 0.6) is 0 Å². The number of nitrogens with zero attached hydrogens (tertiary/aromatic N) is 2. The average molecular weight is 318 g/mol. The maximum atomic E-state index is 11.8. The van der Waals surface area contributed by atoms with E-state index in [4.69, 9.17) is 4.74 Å². The highest BCUT2D eigenvalue weighted by Gasteiger charge is 2.06. The first-order valence-corrected chi connectivity index (χ1v) is 7.82. The van der Waals surface area contributed by atoms with Gasteiger partial charge < -0.3 is 9.30 Å². The molecule has 0 aliphatic carbocycles. The van der Waals surface area contributed by atoms with E-state index in [2.05, 4.69) is 9.56 Å². The zero-order chi connectivity index (χ0) is 16.8. The Balaban J connectivity index is 1.84. The van der Waals surface area contributed by atoms with E-state index in [0.29, 0.717) is 17.9 Å². The summed E-state index contributed by atoms with van der Waals surface area (Å²) in [5.74, 6) is -0.331. The Kier molecular flexibility index (Phi) is 4.87. The molecule has 0 radical (unpaired) electrons. The van der Waals surface area contributed by atoms with Gasteiger partial charge in [-0.25, -0.2) is 4.79 Å². The van der Waals surface area contributed by atoms with E-state index in [-0.39, 0.29) is 5.97 Å². The highest BCUT2D eigenvalue weighted by molar-refractivity contribution is 5.90. The van der Waals surface area contributed by atoms with Crippen LogP contribution in [0.1, 0.15) is 23.0 Å². The van der Waals surface area contributed by atoms with Crippen molar-refractivity contribution in [2.45, 2.75) is 6.92 Å². The van der Waals surface area contributed by atoms with E-state index in [1.807, 2.05) is 54.7 Å². The van der Waals surface area contributed by atoms with Crippen molar-refractivity contribution in [1.82, 2.24) is 4.57 Å². The summed E-state index contributed by atoms with van der Waals surface area (Å²) >= 11 is 0. The highest BCUT2D eigenvalue weighted by atomic mass is 16.5. The molecule has 4 heteroatoms. The second-order valence-corrected chi connectivity index (χ2v) is 5.17. The lowest BCUT2D eigenvalue weighted by Gasteiger charge is -2.05. The molecular weight excluding hydrogens is 300 g/mol. The fourth-order valence-electron chi connectivity index (χ4n) is 2.39. The number of carbonyl (C=O) groups excluding carboxylic acids is 1. The van der Waals surface area contributed by atoms with Gasteiger partial charge in [-0.3, -0.25) is 4.99 Å². The molecule has 0 fully saturated rings. The van der Waals surface area contributed by atoms with Gasteiger partial charge in [-0.15, -0.1) is 0 Å². The molecule has 0 unspecified atom stereocenters. The van der Waals surface area contributed by atoms with Gasteiger partial charge in [0.15, 0.2) is 0 Å². The molecule has 4 nitrogen and oxygen atoms in total. The molecule has 0 aliphatic heterocycles. The molecule has 0 N–H and O–H groups in total. The smallest absolute Gasteiger partial charge is 0.338 e. The van der Waals surface area contributed by atoms with Crippen LogP contribution in [0.25, 0.3) is 5.69 Å². The van der Waals surface area contributed by atoms with E-state index in [1.165, 1.54) is 0 Å². The van der Waals surface area contributed by atoms with Crippen LogP contribution in [0, 0.1) is 0 Å². The minimum Gasteiger partial charge on any atom is -0.462 e. The molecular formula is C20H18N2O2. The van der Waals surface area contributed by atoms with Crippen molar-refractivity contribution in [2.75, 3.05) is 6.61 Å². The van der Waals surface area contributed by atoms with Crippen molar-refractivity contribution in [2.24, 2.45) is 4.99 Å². The van der Waals surface area contributed by atoms with Crippen LogP contribution in [0.2, 0.25) is 0 Å². The lowest BCUT2D eigenvalue weighted by Crippen LogP contribution is -2.03. The number of carbonyl (C=O) groups is 1. The van der Waals surface area contributed by atoms with Crippen molar-refractivity contribution in [3.63, 3.8) is 0 Å². The van der Waals surface area contributed by atoms with Gasteiger partial charge in [0.05, 0.1) is 29.8 Å². The van der Waals surface area contributed by atoms with Crippen LogP contribution in [-0.2, 0) is 4.74 Å². The normalized spacial score (nSPS) is 10.9. The second kappa shape index (κ2) is 7.42. The first-order valence-electron chi connectivity index (χ1n) is 7.82. The number of aliphatic imine (C=N–C) groups is 1. The molecule has 3 aromatic rings. The van der Waals surface area contributed by atoms with Gasteiger partial charge in [-0.05, 0) is 49.4 Å². The minimum absolute atomic E-state index is 0.331. The molecule has 120 valence electrons. The van der Waals surface area contributed by atoms with E-state index in [9.17, 15) is 4.79 Å². The third-order valence-corrected chi connectivity index (χ3v) is 3.52. The number of para-hydroxylation sites is 1. The van der Waals surface area contributed by atoms with Crippen LogP contribution in [0.15, 0.2) is 77.9 Å². The molecule has 0 bridgehead atoms. The molecule has 0 saturated heterocycles. The fourth-order valence-corrected chi connectivity index (χ4v) is 2.39. The highest BCUT2D eigenvalue weighted by Crippen LogP contribution is 2.16. The predicted molar refractivity (Wildman–Crippen MR) is 95.4 cm³/mol. The lowest BCUT2D eigenvalue weighted by molar-refractivity contribution is 0.0526. The molecule has 0 amide bonds. The Morgan fingerprint density at radius 3 is 2.71 bits per heavy atom. The molecule has 0 spiro atoms. The van der Waals surface area contributed by atoms with Crippen molar-refractivity contribution < 1.29 is 9.53 Å². The van der Waals surface area contributed by atoms with Gasteiger partial charge in [0.2, 0.25) is 0 Å². The molecule has 2 aromatic carbocycles. The Bertz CT molecular complexity index is 851. The SMILES string of the molecule is CCOC(=O)c1cccc(N=Cc2cccn2-c2ccccc2)c1. The van der Waals surface area contributed by atoms with Crippen LogP contribution < -0.4 is 0 Å². The minimum atomic E-state index is -0.331. The third kappa shape index (κ3) is 3.60. The summed E-state index contributed by atoms with van der Waals surface area (Å²) in [6.07, 6.45) is 3.78. The summed E-state index contributed by atoms with van der Waals surface area (Å²) in [6.45, 7) is 2.15.